The average molecular weight is 483 g/mol. The van der Waals surface area contributed by atoms with Crippen LogP contribution in [0.4, 0.5) is 18.9 Å². The molecule has 0 aliphatic carbocycles. The van der Waals surface area contributed by atoms with Gasteiger partial charge in [0.1, 0.15) is 0 Å². The molecular weight excluding hydrogens is 457 g/mol. The Balaban J connectivity index is 1.68. The van der Waals surface area contributed by atoms with Crippen LogP contribution in [0.15, 0.2) is 58.5 Å². The van der Waals surface area contributed by atoms with Gasteiger partial charge in [-0.3, -0.25) is 9.52 Å². The van der Waals surface area contributed by atoms with E-state index in [-0.39, 0.29) is 16.1 Å². The highest BCUT2D eigenvalue weighted by molar-refractivity contribution is 7.92. The molecular formula is C22H25F3N4O3S. The Bertz CT molecular complexity index is 1120. The van der Waals surface area contributed by atoms with E-state index in [4.69, 9.17) is 0 Å². The molecule has 0 saturated carbocycles. The van der Waals surface area contributed by atoms with Crippen LogP contribution in [0.2, 0.25) is 0 Å². The Morgan fingerprint density at radius 2 is 1.79 bits per heavy atom. The molecule has 1 saturated heterocycles. The number of hydrogen-bond acceptors (Lipinski definition) is 5. The zero-order chi connectivity index (χ0) is 24.1. The Hall–Kier alpha value is -2.92. The number of piperidine rings is 1. The number of nitrogens with one attached hydrogen (secondary N) is 2. The van der Waals surface area contributed by atoms with Crippen LogP contribution in [0, 0.1) is 0 Å². The van der Waals surface area contributed by atoms with Crippen LogP contribution in [0.25, 0.3) is 0 Å². The van der Waals surface area contributed by atoms with E-state index in [2.05, 4.69) is 27.1 Å². The van der Waals surface area contributed by atoms with Gasteiger partial charge in [-0.25, -0.2) is 13.8 Å². The maximum Gasteiger partial charge on any atom is 0.416 e. The van der Waals surface area contributed by atoms with Crippen molar-refractivity contribution in [3.8, 4) is 0 Å². The lowest BCUT2D eigenvalue weighted by Crippen LogP contribution is -2.35. The van der Waals surface area contributed by atoms with Gasteiger partial charge in [0.25, 0.3) is 15.9 Å². The van der Waals surface area contributed by atoms with E-state index in [0.717, 1.165) is 62.8 Å². The van der Waals surface area contributed by atoms with Crippen LogP contribution in [0.5, 0.6) is 0 Å². The quantitative estimate of drug-likeness (QED) is 0.582. The second-order valence-corrected chi connectivity index (χ2v) is 9.35. The van der Waals surface area contributed by atoms with Crippen LogP contribution < -0.4 is 10.1 Å². The number of alkyl halides is 3. The second-order valence-electron chi connectivity index (χ2n) is 7.67. The van der Waals surface area contributed by atoms with Gasteiger partial charge in [-0.05, 0) is 49.4 Å². The number of rotatable bonds is 7. The summed E-state index contributed by atoms with van der Waals surface area (Å²) in [5.41, 5.74) is 2.18. The first-order chi connectivity index (χ1) is 15.6. The number of anilines is 1. The number of hydrazone groups is 1. The zero-order valence-corrected chi connectivity index (χ0v) is 18.8. The van der Waals surface area contributed by atoms with Crippen molar-refractivity contribution in [3.63, 3.8) is 0 Å². The number of amides is 1. The van der Waals surface area contributed by atoms with Gasteiger partial charge in [-0.15, -0.1) is 0 Å². The molecule has 0 radical (unpaired) electrons. The minimum atomic E-state index is -4.60. The molecule has 7 nitrogen and oxygen atoms in total. The number of sulfonamides is 1. The SMILES string of the molecule is CCCN1CCC(=NNC(=O)c2cccc(S(=O)(=O)Nc3cccc(C(F)(F)F)c3)c2)CC1. The van der Waals surface area contributed by atoms with E-state index in [1.165, 1.54) is 24.3 Å². The zero-order valence-electron chi connectivity index (χ0n) is 18.0. The minimum absolute atomic E-state index is 0.0645. The molecule has 1 fully saturated rings. The van der Waals surface area contributed by atoms with Crippen molar-refractivity contribution in [2.24, 2.45) is 5.10 Å². The molecule has 1 aliphatic heterocycles. The van der Waals surface area contributed by atoms with E-state index >= 15 is 0 Å². The van der Waals surface area contributed by atoms with E-state index in [0.29, 0.717) is 6.07 Å². The van der Waals surface area contributed by atoms with Crippen LogP contribution in [-0.2, 0) is 16.2 Å². The summed E-state index contributed by atoms with van der Waals surface area (Å²) < 4.78 is 66.1. The van der Waals surface area contributed by atoms with Gasteiger partial charge in [0.2, 0.25) is 0 Å². The molecule has 178 valence electrons. The van der Waals surface area contributed by atoms with Crippen LogP contribution >= 0.6 is 0 Å². The molecule has 1 amide bonds. The number of nitrogens with zero attached hydrogens (tertiary/aromatic N) is 2. The molecule has 1 heterocycles. The average Bonchev–Trinajstić information content (AvgIpc) is 2.78. The smallest absolute Gasteiger partial charge is 0.303 e. The molecule has 0 unspecified atom stereocenters. The lowest BCUT2D eigenvalue weighted by molar-refractivity contribution is -0.137. The number of benzene rings is 2. The summed E-state index contributed by atoms with van der Waals surface area (Å²) in [7, 11) is -4.22. The molecule has 0 bridgehead atoms. The maximum absolute atomic E-state index is 12.9. The first-order valence-electron chi connectivity index (χ1n) is 10.5. The highest BCUT2D eigenvalue weighted by Gasteiger charge is 2.30. The van der Waals surface area contributed by atoms with Crippen LogP contribution in [0.1, 0.15) is 42.1 Å². The van der Waals surface area contributed by atoms with Gasteiger partial charge in [0.05, 0.1) is 10.5 Å². The molecule has 2 N–H and O–H groups in total. The fourth-order valence-corrected chi connectivity index (χ4v) is 4.53. The third kappa shape index (κ3) is 6.78. The van der Waals surface area contributed by atoms with Gasteiger partial charge in [-0.1, -0.05) is 19.1 Å². The fraction of sp³-hybridized carbons (Fsp3) is 0.364. The largest absolute Gasteiger partial charge is 0.416 e. The number of carbonyl (C=O) groups excluding carboxylic acids is 1. The number of likely N-dealkylation sites (tertiary alicyclic amines) is 1. The summed E-state index contributed by atoms with van der Waals surface area (Å²) in [5, 5.41) is 4.17. The van der Waals surface area contributed by atoms with Crippen molar-refractivity contribution in [1.29, 1.82) is 0 Å². The number of halogens is 3. The highest BCUT2D eigenvalue weighted by Crippen LogP contribution is 2.31. The molecule has 2 aromatic rings. The van der Waals surface area contributed by atoms with Crippen molar-refractivity contribution < 1.29 is 26.4 Å². The molecule has 3 rings (SSSR count). The van der Waals surface area contributed by atoms with Crippen LogP contribution in [0.3, 0.4) is 0 Å². The molecule has 0 spiro atoms. The first-order valence-corrected chi connectivity index (χ1v) is 11.9. The van der Waals surface area contributed by atoms with Gasteiger partial charge < -0.3 is 4.90 Å². The predicted octanol–water partition coefficient (Wildman–Crippen LogP) is 4.10. The summed E-state index contributed by atoms with van der Waals surface area (Å²) in [6, 6.07) is 9.09. The normalized spacial score (nSPS) is 15.2. The summed E-state index contributed by atoms with van der Waals surface area (Å²) >= 11 is 0. The van der Waals surface area contributed by atoms with E-state index in [1.807, 2.05) is 0 Å². The predicted molar refractivity (Wildman–Crippen MR) is 120 cm³/mol. The molecule has 0 aromatic heterocycles. The summed E-state index contributed by atoms with van der Waals surface area (Å²) in [4.78, 5) is 14.5. The van der Waals surface area contributed by atoms with E-state index in [1.54, 1.807) is 0 Å². The Kier molecular flexibility index (Phi) is 7.75. The van der Waals surface area contributed by atoms with Gasteiger partial charge in [0, 0.05) is 42.9 Å². The van der Waals surface area contributed by atoms with Crippen LogP contribution in [-0.4, -0.2) is 44.6 Å². The third-order valence-electron chi connectivity index (χ3n) is 5.14. The Morgan fingerprint density at radius 3 is 2.45 bits per heavy atom. The minimum Gasteiger partial charge on any atom is -0.303 e. The van der Waals surface area contributed by atoms with Crippen molar-refractivity contribution in [3.05, 3.63) is 59.7 Å². The lowest BCUT2D eigenvalue weighted by atomic mass is 10.1. The van der Waals surface area contributed by atoms with E-state index in [9.17, 15) is 26.4 Å². The first kappa shape index (κ1) is 24.7. The topological polar surface area (TPSA) is 90.9 Å². The second kappa shape index (κ2) is 10.3. The van der Waals surface area contributed by atoms with Crippen molar-refractivity contribution >= 4 is 27.3 Å². The molecule has 11 heteroatoms. The maximum atomic E-state index is 12.9. The fourth-order valence-electron chi connectivity index (χ4n) is 3.43. The van der Waals surface area contributed by atoms with Crippen molar-refractivity contribution in [2.75, 3.05) is 24.4 Å². The van der Waals surface area contributed by atoms with Crippen molar-refractivity contribution in [2.45, 2.75) is 37.3 Å². The number of carbonyl (C=O) groups is 1. The third-order valence-corrected chi connectivity index (χ3v) is 6.52. The summed E-state index contributed by atoms with van der Waals surface area (Å²) in [6.07, 6.45) is -2.04. The van der Waals surface area contributed by atoms with Gasteiger partial charge in [0.15, 0.2) is 0 Å². The molecule has 1 aliphatic rings. The van der Waals surface area contributed by atoms with E-state index < -0.39 is 27.7 Å². The molecule has 2 aromatic carbocycles. The monoisotopic (exact) mass is 482 g/mol. The standard InChI is InChI=1S/C22H25F3N4O3S/c1-2-11-29-12-9-18(10-13-29)26-27-21(30)16-5-3-8-20(14-16)33(31,32)28-19-7-4-6-17(15-19)22(23,24)25/h3-8,14-15,28H,2,9-13H2,1H3,(H,27,30). The van der Waals surface area contributed by atoms with Gasteiger partial charge in [-0.2, -0.15) is 18.3 Å². The van der Waals surface area contributed by atoms with Gasteiger partial charge >= 0.3 is 6.18 Å². The Labute approximate surface area is 190 Å². The molecule has 33 heavy (non-hydrogen) atoms. The summed E-state index contributed by atoms with van der Waals surface area (Å²) in [6.45, 7) is 4.89. The van der Waals surface area contributed by atoms with Crippen molar-refractivity contribution in [1.82, 2.24) is 10.3 Å². The Morgan fingerprint density at radius 1 is 1.09 bits per heavy atom. The highest BCUT2D eigenvalue weighted by atomic mass is 32.2. The number of hydrogen-bond donors (Lipinski definition) is 2. The summed E-state index contributed by atoms with van der Waals surface area (Å²) in [5.74, 6) is -0.574. The molecule has 0 atom stereocenters. The lowest BCUT2D eigenvalue weighted by Gasteiger charge is -2.26.